The van der Waals surface area contributed by atoms with E-state index in [-0.39, 0.29) is 5.69 Å². The topological polar surface area (TPSA) is 12.0 Å². The minimum atomic E-state index is -0.419. The third-order valence-corrected chi connectivity index (χ3v) is 3.96. The molecule has 0 aromatic heterocycles. The van der Waals surface area contributed by atoms with Gasteiger partial charge in [-0.3, -0.25) is 0 Å². The van der Waals surface area contributed by atoms with Crippen LogP contribution < -0.4 is 5.32 Å². The zero-order valence-corrected chi connectivity index (χ0v) is 11.2. The molecule has 104 valence electrons. The van der Waals surface area contributed by atoms with Crippen molar-refractivity contribution in [3.63, 3.8) is 0 Å². The maximum Gasteiger partial charge on any atom is 0.146 e. The van der Waals surface area contributed by atoms with Gasteiger partial charge < -0.3 is 5.32 Å². The van der Waals surface area contributed by atoms with E-state index in [4.69, 9.17) is 0 Å². The van der Waals surface area contributed by atoms with Crippen LogP contribution in [0.2, 0.25) is 0 Å². The number of benzene rings is 2. The Hall–Kier alpha value is -1.90. The third-order valence-electron chi connectivity index (χ3n) is 3.96. The van der Waals surface area contributed by atoms with Crippen LogP contribution in [0.25, 0.3) is 0 Å². The fourth-order valence-corrected chi connectivity index (χ4v) is 2.93. The minimum absolute atomic E-state index is 0.244. The van der Waals surface area contributed by atoms with E-state index in [2.05, 4.69) is 23.5 Å². The highest BCUT2D eigenvalue weighted by molar-refractivity contribution is 5.46. The first-order valence-corrected chi connectivity index (χ1v) is 7.01. The molecule has 0 spiro atoms. The number of aryl methyl sites for hydroxylation is 1. The van der Waals surface area contributed by atoms with Crippen molar-refractivity contribution in [2.45, 2.75) is 25.2 Å². The van der Waals surface area contributed by atoms with E-state index in [0.29, 0.717) is 12.5 Å². The molecule has 0 bridgehead atoms. The smallest absolute Gasteiger partial charge is 0.146 e. The summed E-state index contributed by atoms with van der Waals surface area (Å²) in [6.07, 6.45) is 3.34. The van der Waals surface area contributed by atoms with Gasteiger partial charge in [-0.1, -0.05) is 24.3 Å². The van der Waals surface area contributed by atoms with Gasteiger partial charge in [-0.05, 0) is 48.6 Å². The number of hydrogen-bond acceptors (Lipinski definition) is 1. The van der Waals surface area contributed by atoms with Gasteiger partial charge in [0.05, 0.1) is 5.69 Å². The monoisotopic (exact) mass is 273 g/mol. The summed E-state index contributed by atoms with van der Waals surface area (Å²) in [5.74, 6) is -0.462. The van der Waals surface area contributed by atoms with Crippen molar-refractivity contribution in [1.29, 1.82) is 0 Å². The third kappa shape index (κ3) is 2.67. The molecule has 0 amide bonds. The fraction of sp³-hybridized carbons (Fsp3) is 0.294. The highest BCUT2D eigenvalue weighted by Gasteiger charge is 2.19. The fourth-order valence-electron chi connectivity index (χ4n) is 2.93. The summed E-state index contributed by atoms with van der Waals surface area (Å²) in [7, 11) is 0. The van der Waals surface area contributed by atoms with Crippen molar-refractivity contribution < 1.29 is 8.78 Å². The lowest BCUT2D eigenvalue weighted by atomic mass is 9.83. The Balaban J connectivity index is 1.75. The Kier molecular flexibility index (Phi) is 3.68. The summed E-state index contributed by atoms with van der Waals surface area (Å²) in [5.41, 5.74) is 2.96. The van der Waals surface area contributed by atoms with Crippen LogP contribution in [0.1, 0.15) is 29.9 Å². The molecule has 3 heteroatoms. The van der Waals surface area contributed by atoms with E-state index in [9.17, 15) is 8.78 Å². The molecule has 0 radical (unpaired) electrons. The van der Waals surface area contributed by atoms with E-state index in [1.165, 1.54) is 17.2 Å². The zero-order chi connectivity index (χ0) is 13.9. The highest BCUT2D eigenvalue weighted by atomic mass is 19.1. The van der Waals surface area contributed by atoms with Gasteiger partial charge in [0.15, 0.2) is 0 Å². The maximum absolute atomic E-state index is 13.6. The maximum atomic E-state index is 13.6. The van der Waals surface area contributed by atoms with E-state index in [1.54, 1.807) is 0 Å². The molecule has 0 fully saturated rings. The minimum Gasteiger partial charge on any atom is -0.382 e. The van der Waals surface area contributed by atoms with Crippen molar-refractivity contribution >= 4 is 5.69 Å². The number of rotatable bonds is 3. The Labute approximate surface area is 117 Å². The van der Waals surface area contributed by atoms with Crippen molar-refractivity contribution in [3.05, 3.63) is 65.2 Å². The molecule has 1 N–H and O–H groups in total. The van der Waals surface area contributed by atoms with Crippen LogP contribution in [0.15, 0.2) is 42.5 Å². The lowest BCUT2D eigenvalue weighted by Crippen LogP contribution is -2.18. The van der Waals surface area contributed by atoms with Gasteiger partial charge in [0.1, 0.15) is 11.6 Å². The second-order valence-electron chi connectivity index (χ2n) is 5.29. The molecule has 2 aromatic rings. The molecule has 1 atom stereocenters. The number of nitrogens with one attached hydrogen (secondary N) is 1. The second-order valence-corrected chi connectivity index (χ2v) is 5.29. The predicted molar refractivity (Wildman–Crippen MR) is 77.0 cm³/mol. The van der Waals surface area contributed by atoms with Crippen LogP contribution in [-0.4, -0.2) is 6.54 Å². The quantitative estimate of drug-likeness (QED) is 0.868. The first-order valence-electron chi connectivity index (χ1n) is 7.01. The van der Waals surface area contributed by atoms with Gasteiger partial charge in [0, 0.05) is 12.5 Å². The van der Waals surface area contributed by atoms with Gasteiger partial charge in [-0.2, -0.15) is 0 Å². The zero-order valence-electron chi connectivity index (χ0n) is 11.2. The Morgan fingerprint density at radius 2 is 1.95 bits per heavy atom. The van der Waals surface area contributed by atoms with Crippen molar-refractivity contribution in [1.82, 2.24) is 0 Å². The molecule has 2 aromatic carbocycles. The Morgan fingerprint density at radius 3 is 2.85 bits per heavy atom. The number of hydrogen-bond donors (Lipinski definition) is 1. The van der Waals surface area contributed by atoms with Crippen LogP contribution in [0, 0.1) is 11.6 Å². The number of anilines is 1. The lowest BCUT2D eigenvalue weighted by molar-refractivity contribution is 0.566. The van der Waals surface area contributed by atoms with Crippen LogP contribution in [0.5, 0.6) is 0 Å². The van der Waals surface area contributed by atoms with Gasteiger partial charge in [0.2, 0.25) is 0 Å². The summed E-state index contributed by atoms with van der Waals surface area (Å²) in [6.45, 7) is 0.636. The first-order chi connectivity index (χ1) is 9.74. The largest absolute Gasteiger partial charge is 0.382 e. The normalized spacial score (nSPS) is 17.6. The molecule has 1 unspecified atom stereocenters. The van der Waals surface area contributed by atoms with Crippen molar-refractivity contribution in [3.8, 4) is 0 Å². The average molecular weight is 273 g/mol. The second kappa shape index (κ2) is 5.61. The van der Waals surface area contributed by atoms with Crippen molar-refractivity contribution in [2.75, 3.05) is 11.9 Å². The molecule has 3 rings (SSSR count). The Bertz CT molecular complexity index is 610. The molecule has 0 heterocycles. The molecule has 20 heavy (non-hydrogen) atoms. The van der Waals surface area contributed by atoms with E-state index < -0.39 is 11.6 Å². The van der Waals surface area contributed by atoms with Crippen molar-refractivity contribution in [2.24, 2.45) is 0 Å². The summed E-state index contributed by atoms with van der Waals surface area (Å²) in [5, 5.41) is 3.05. The summed E-state index contributed by atoms with van der Waals surface area (Å²) in [4.78, 5) is 0. The van der Waals surface area contributed by atoms with Crippen LogP contribution in [0.4, 0.5) is 14.5 Å². The van der Waals surface area contributed by atoms with Crippen LogP contribution in [-0.2, 0) is 6.42 Å². The summed E-state index contributed by atoms with van der Waals surface area (Å²) in [6, 6.07) is 11.9. The van der Waals surface area contributed by atoms with Crippen LogP contribution >= 0.6 is 0 Å². The van der Waals surface area contributed by atoms with Gasteiger partial charge in [-0.15, -0.1) is 0 Å². The molecule has 1 aliphatic carbocycles. The number of fused-ring (bicyclic) bond motifs is 1. The molecule has 0 aliphatic heterocycles. The highest BCUT2D eigenvalue weighted by Crippen LogP contribution is 2.31. The van der Waals surface area contributed by atoms with Gasteiger partial charge >= 0.3 is 0 Å². The summed E-state index contributed by atoms with van der Waals surface area (Å²) >= 11 is 0. The molecular formula is C17H17F2N. The van der Waals surface area contributed by atoms with Crippen LogP contribution in [0.3, 0.4) is 0 Å². The van der Waals surface area contributed by atoms with Gasteiger partial charge in [-0.25, -0.2) is 8.78 Å². The molecule has 0 saturated heterocycles. The van der Waals surface area contributed by atoms with E-state index in [0.717, 1.165) is 31.4 Å². The Morgan fingerprint density at radius 1 is 1.10 bits per heavy atom. The lowest BCUT2D eigenvalue weighted by Gasteiger charge is -2.26. The SMILES string of the molecule is Fc1ccc(F)c(NCC2CCCc3ccccc32)c1. The molecule has 1 nitrogen and oxygen atoms in total. The van der Waals surface area contributed by atoms with E-state index in [1.807, 2.05) is 6.07 Å². The van der Waals surface area contributed by atoms with Gasteiger partial charge in [0.25, 0.3) is 0 Å². The molecule has 1 aliphatic rings. The summed E-state index contributed by atoms with van der Waals surface area (Å²) < 4.78 is 26.7. The average Bonchev–Trinajstić information content (AvgIpc) is 2.48. The number of halogens is 2. The standard InChI is InChI=1S/C17H17F2N/c18-14-8-9-16(19)17(10-14)20-11-13-6-3-5-12-4-1-2-7-15(12)13/h1-2,4,7-10,13,20H,3,5-6,11H2. The predicted octanol–water partition coefficient (Wildman–Crippen LogP) is 4.50. The first kappa shape index (κ1) is 13.1. The molecule has 0 saturated carbocycles. The molecular weight excluding hydrogens is 256 g/mol. The van der Waals surface area contributed by atoms with E-state index >= 15 is 0 Å².